The fourth-order valence-electron chi connectivity index (χ4n) is 2.39. The first-order chi connectivity index (χ1) is 9.66. The van der Waals surface area contributed by atoms with Gasteiger partial charge in [-0.2, -0.15) is 0 Å². The number of nitro groups is 1. The normalized spacial score (nSPS) is 15.6. The fourth-order valence-corrected chi connectivity index (χ4v) is 2.39. The highest BCUT2D eigenvalue weighted by atomic mass is 16.6. The second-order valence-corrected chi connectivity index (χ2v) is 4.62. The Bertz CT molecular complexity index is 668. The van der Waals surface area contributed by atoms with Crippen LogP contribution < -0.4 is 4.90 Å². The SMILES string of the molecule is Cc1nc(N2CCOCC2)c2cccc([N+](=O)[O-])c2n1. The summed E-state index contributed by atoms with van der Waals surface area (Å²) >= 11 is 0. The third-order valence-corrected chi connectivity index (χ3v) is 3.30. The van der Waals surface area contributed by atoms with Crippen molar-refractivity contribution in [1.29, 1.82) is 0 Å². The van der Waals surface area contributed by atoms with Crippen molar-refractivity contribution in [2.45, 2.75) is 6.92 Å². The first kappa shape index (κ1) is 12.7. The van der Waals surface area contributed by atoms with Crippen LogP contribution in [0, 0.1) is 17.0 Å². The molecule has 104 valence electrons. The second-order valence-electron chi connectivity index (χ2n) is 4.62. The van der Waals surface area contributed by atoms with E-state index in [4.69, 9.17) is 4.74 Å². The Balaban J connectivity index is 2.21. The largest absolute Gasteiger partial charge is 0.378 e. The summed E-state index contributed by atoms with van der Waals surface area (Å²) in [5.74, 6) is 1.28. The van der Waals surface area contributed by atoms with Gasteiger partial charge in [0.15, 0.2) is 5.52 Å². The fraction of sp³-hybridized carbons (Fsp3) is 0.385. The Kier molecular flexibility index (Phi) is 3.19. The zero-order chi connectivity index (χ0) is 14.1. The highest BCUT2D eigenvalue weighted by Crippen LogP contribution is 2.30. The van der Waals surface area contributed by atoms with Crippen molar-refractivity contribution in [3.63, 3.8) is 0 Å². The number of non-ortho nitro benzene ring substituents is 1. The molecule has 1 aliphatic heterocycles. The lowest BCUT2D eigenvalue weighted by Gasteiger charge is -2.28. The summed E-state index contributed by atoms with van der Waals surface area (Å²) in [4.78, 5) is 21.5. The van der Waals surface area contributed by atoms with Gasteiger partial charge >= 0.3 is 0 Å². The van der Waals surface area contributed by atoms with E-state index >= 15 is 0 Å². The van der Waals surface area contributed by atoms with Crippen LogP contribution in [0.25, 0.3) is 10.9 Å². The smallest absolute Gasteiger partial charge is 0.295 e. The lowest BCUT2D eigenvalue weighted by molar-refractivity contribution is -0.383. The third kappa shape index (κ3) is 2.16. The molecule has 3 rings (SSSR count). The Morgan fingerprint density at radius 3 is 2.75 bits per heavy atom. The zero-order valence-corrected chi connectivity index (χ0v) is 11.1. The topological polar surface area (TPSA) is 81.4 Å². The van der Waals surface area contributed by atoms with Crippen molar-refractivity contribution in [3.05, 3.63) is 34.1 Å². The molecule has 0 N–H and O–H groups in total. The number of benzene rings is 1. The molecule has 0 aliphatic carbocycles. The maximum Gasteiger partial charge on any atom is 0.295 e. The number of nitro benzene ring substituents is 1. The highest BCUT2D eigenvalue weighted by Gasteiger charge is 2.21. The van der Waals surface area contributed by atoms with Gasteiger partial charge in [0.1, 0.15) is 11.6 Å². The van der Waals surface area contributed by atoms with Crippen LogP contribution in [0.3, 0.4) is 0 Å². The Labute approximate surface area is 115 Å². The van der Waals surface area contributed by atoms with Crippen LogP contribution in [0.5, 0.6) is 0 Å². The first-order valence-electron chi connectivity index (χ1n) is 6.41. The van der Waals surface area contributed by atoms with Crippen LogP contribution in [-0.4, -0.2) is 41.2 Å². The summed E-state index contributed by atoms with van der Waals surface area (Å²) in [6.07, 6.45) is 0. The van der Waals surface area contributed by atoms with E-state index in [9.17, 15) is 10.1 Å². The van der Waals surface area contributed by atoms with Gasteiger partial charge in [0, 0.05) is 24.5 Å². The number of aryl methyl sites for hydroxylation is 1. The minimum absolute atomic E-state index is 0.0162. The Morgan fingerprint density at radius 2 is 2.05 bits per heavy atom. The van der Waals surface area contributed by atoms with Gasteiger partial charge in [-0.15, -0.1) is 0 Å². The number of anilines is 1. The molecular weight excluding hydrogens is 260 g/mol. The lowest BCUT2D eigenvalue weighted by Crippen LogP contribution is -2.37. The molecule has 7 nitrogen and oxygen atoms in total. The van der Waals surface area contributed by atoms with E-state index in [1.54, 1.807) is 13.0 Å². The van der Waals surface area contributed by atoms with E-state index in [0.29, 0.717) is 29.9 Å². The molecule has 1 fully saturated rings. The van der Waals surface area contributed by atoms with Crippen LogP contribution in [0.1, 0.15) is 5.82 Å². The molecule has 0 bridgehead atoms. The zero-order valence-electron chi connectivity index (χ0n) is 11.1. The van der Waals surface area contributed by atoms with Gasteiger partial charge < -0.3 is 9.64 Å². The number of ether oxygens (including phenoxy) is 1. The van der Waals surface area contributed by atoms with Gasteiger partial charge in [0.05, 0.1) is 18.1 Å². The summed E-state index contributed by atoms with van der Waals surface area (Å²) in [6, 6.07) is 4.97. The van der Waals surface area contributed by atoms with Crippen molar-refractivity contribution in [2.75, 3.05) is 31.2 Å². The summed E-state index contributed by atoms with van der Waals surface area (Å²) in [5, 5.41) is 11.8. The third-order valence-electron chi connectivity index (χ3n) is 3.30. The summed E-state index contributed by atoms with van der Waals surface area (Å²) < 4.78 is 5.33. The molecule has 0 saturated carbocycles. The van der Waals surface area contributed by atoms with Crippen LogP contribution in [-0.2, 0) is 4.74 Å². The minimum atomic E-state index is -0.405. The van der Waals surface area contributed by atoms with E-state index in [1.165, 1.54) is 6.07 Å². The van der Waals surface area contributed by atoms with Crippen LogP contribution in [0.2, 0.25) is 0 Å². The molecule has 0 radical (unpaired) electrons. The minimum Gasteiger partial charge on any atom is -0.378 e. The van der Waals surface area contributed by atoms with E-state index in [1.807, 2.05) is 6.07 Å². The van der Waals surface area contributed by atoms with Gasteiger partial charge in [-0.25, -0.2) is 9.97 Å². The molecule has 1 saturated heterocycles. The number of fused-ring (bicyclic) bond motifs is 1. The lowest BCUT2D eigenvalue weighted by atomic mass is 10.2. The summed E-state index contributed by atoms with van der Waals surface area (Å²) in [5.41, 5.74) is 0.411. The summed E-state index contributed by atoms with van der Waals surface area (Å²) in [7, 11) is 0. The number of rotatable bonds is 2. The van der Waals surface area contributed by atoms with Crippen molar-refractivity contribution < 1.29 is 9.66 Å². The quantitative estimate of drug-likeness (QED) is 0.612. The van der Waals surface area contributed by atoms with Gasteiger partial charge in [0.2, 0.25) is 0 Å². The van der Waals surface area contributed by atoms with Crippen molar-refractivity contribution in [2.24, 2.45) is 0 Å². The predicted molar refractivity (Wildman–Crippen MR) is 74.0 cm³/mol. The standard InChI is InChI=1S/C13H14N4O3/c1-9-14-12-10(3-2-4-11(12)17(18)19)13(15-9)16-5-7-20-8-6-16/h2-4H,5-8H2,1H3. The Morgan fingerprint density at radius 1 is 1.30 bits per heavy atom. The second kappa shape index (κ2) is 5.01. The molecule has 0 unspecified atom stereocenters. The molecule has 1 aromatic heterocycles. The number of hydrogen-bond acceptors (Lipinski definition) is 6. The summed E-state index contributed by atoms with van der Waals surface area (Å²) in [6.45, 7) is 4.49. The van der Waals surface area contributed by atoms with E-state index in [2.05, 4.69) is 14.9 Å². The van der Waals surface area contributed by atoms with Gasteiger partial charge in [-0.05, 0) is 13.0 Å². The van der Waals surface area contributed by atoms with Gasteiger partial charge in [-0.1, -0.05) is 6.07 Å². The number of nitrogens with zero attached hydrogens (tertiary/aromatic N) is 4. The van der Waals surface area contributed by atoms with E-state index < -0.39 is 4.92 Å². The number of morpholine rings is 1. The average Bonchev–Trinajstić information content (AvgIpc) is 2.46. The molecule has 7 heteroatoms. The molecule has 1 aliphatic rings. The first-order valence-corrected chi connectivity index (χ1v) is 6.41. The molecule has 0 spiro atoms. The molecule has 0 atom stereocenters. The molecule has 2 aromatic rings. The van der Waals surface area contributed by atoms with Crippen molar-refractivity contribution in [1.82, 2.24) is 9.97 Å². The Hall–Kier alpha value is -2.28. The number of aromatic nitrogens is 2. The number of para-hydroxylation sites is 1. The van der Waals surface area contributed by atoms with Crippen LogP contribution in [0.4, 0.5) is 11.5 Å². The van der Waals surface area contributed by atoms with Crippen molar-refractivity contribution in [3.8, 4) is 0 Å². The predicted octanol–water partition coefficient (Wildman–Crippen LogP) is 1.68. The van der Waals surface area contributed by atoms with Crippen LogP contribution in [0.15, 0.2) is 18.2 Å². The van der Waals surface area contributed by atoms with Crippen molar-refractivity contribution >= 4 is 22.4 Å². The van der Waals surface area contributed by atoms with E-state index in [0.717, 1.165) is 18.9 Å². The molecule has 1 aromatic carbocycles. The highest BCUT2D eigenvalue weighted by molar-refractivity contribution is 5.95. The average molecular weight is 274 g/mol. The maximum atomic E-state index is 11.1. The maximum absolute atomic E-state index is 11.1. The molecular formula is C13H14N4O3. The van der Waals surface area contributed by atoms with Gasteiger partial charge in [0.25, 0.3) is 5.69 Å². The molecule has 20 heavy (non-hydrogen) atoms. The molecule has 0 amide bonds. The monoisotopic (exact) mass is 274 g/mol. The van der Waals surface area contributed by atoms with Crippen LogP contribution >= 0.6 is 0 Å². The van der Waals surface area contributed by atoms with Gasteiger partial charge in [-0.3, -0.25) is 10.1 Å². The van der Waals surface area contributed by atoms with E-state index in [-0.39, 0.29) is 5.69 Å². The molecule has 2 heterocycles. The number of hydrogen-bond donors (Lipinski definition) is 0.